The standard InChI is InChI=1S/C13H17BrN2O.ClH/c1-9-7-11(3-4-12(9)14)13(17)16-6-5-15-10(2)8-16;/h3-4,7,10,15H,5-6,8H2,1-2H3;1H/t10-;/m0./s1. The second-order valence-corrected chi connectivity index (χ2v) is 5.42. The van der Waals surface area contributed by atoms with Crippen molar-refractivity contribution in [2.24, 2.45) is 0 Å². The summed E-state index contributed by atoms with van der Waals surface area (Å²) in [6.07, 6.45) is 0. The molecule has 18 heavy (non-hydrogen) atoms. The van der Waals surface area contributed by atoms with Crippen molar-refractivity contribution in [3.05, 3.63) is 33.8 Å². The van der Waals surface area contributed by atoms with Crippen LogP contribution >= 0.6 is 28.3 Å². The summed E-state index contributed by atoms with van der Waals surface area (Å²) in [6.45, 7) is 6.56. The summed E-state index contributed by atoms with van der Waals surface area (Å²) in [5.41, 5.74) is 1.87. The molecule has 1 aromatic rings. The molecule has 0 aromatic heterocycles. The first-order valence-electron chi connectivity index (χ1n) is 5.87. The molecule has 1 amide bonds. The third-order valence-corrected chi connectivity index (χ3v) is 3.95. The van der Waals surface area contributed by atoms with Gasteiger partial charge >= 0.3 is 0 Å². The van der Waals surface area contributed by atoms with Crippen LogP contribution in [0.25, 0.3) is 0 Å². The minimum Gasteiger partial charge on any atom is -0.336 e. The van der Waals surface area contributed by atoms with E-state index < -0.39 is 0 Å². The molecule has 1 aliphatic rings. The quantitative estimate of drug-likeness (QED) is 0.857. The first-order valence-corrected chi connectivity index (χ1v) is 6.66. The van der Waals surface area contributed by atoms with E-state index in [0.29, 0.717) is 6.04 Å². The number of aryl methyl sites for hydroxylation is 1. The highest BCUT2D eigenvalue weighted by Crippen LogP contribution is 2.18. The highest BCUT2D eigenvalue weighted by molar-refractivity contribution is 9.10. The van der Waals surface area contributed by atoms with E-state index in [0.717, 1.165) is 35.2 Å². The SMILES string of the molecule is Cc1cc(C(=O)N2CCN[C@@H](C)C2)ccc1Br.Cl. The Balaban J connectivity index is 0.00000162. The van der Waals surface area contributed by atoms with Crippen molar-refractivity contribution in [3.63, 3.8) is 0 Å². The van der Waals surface area contributed by atoms with Gasteiger partial charge in [0.15, 0.2) is 0 Å². The Morgan fingerprint density at radius 2 is 2.22 bits per heavy atom. The van der Waals surface area contributed by atoms with Crippen LogP contribution in [-0.4, -0.2) is 36.5 Å². The maximum atomic E-state index is 12.3. The van der Waals surface area contributed by atoms with Gasteiger partial charge in [0.2, 0.25) is 0 Å². The normalized spacial score (nSPS) is 19.3. The molecule has 0 unspecified atom stereocenters. The fourth-order valence-electron chi connectivity index (χ4n) is 2.08. The predicted molar refractivity (Wildman–Crippen MR) is 79.5 cm³/mol. The Morgan fingerprint density at radius 1 is 1.50 bits per heavy atom. The number of carbonyl (C=O) groups is 1. The molecule has 1 aromatic carbocycles. The van der Waals surface area contributed by atoms with Crippen molar-refractivity contribution in [2.45, 2.75) is 19.9 Å². The molecule has 1 fully saturated rings. The van der Waals surface area contributed by atoms with Crippen molar-refractivity contribution in [3.8, 4) is 0 Å². The van der Waals surface area contributed by atoms with E-state index >= 15 is 0 Å². The number of piperazine rings is 1. The van der Waals surface area contributed by atoms with Gasteiger partial charge in [-0.15, -0.1) is 12.4 Å². The Hall–Kier alpha value is -0.580. The van der Waals surface area contributed by atoms with Crippen LogP contribution in [0.4, 0.5) is 0 Å². The van der Waals surface area contributed by atoms with E-state index in [1.807, 2.05) is 30.0 Å². The highest BCUT2D eigenvalue weighted by Gasteiger charge is 2.21. The number of carbonyl (C=O) groups excluding carboxylic acids is 1. The maximum Gasteiger partial charge on any atom is 0.253 e. The van der Waals surface area contributed by atoms with E-state index in [2.05, 4.69) is 28.2 Å². The fourth-order valence-corrected chi connectivity index (χ4v) is 2.32. The van der Waals surface area contributed by atoms with Crippen molar-refractivity contribution >= 4 is 34.2 Å². The summed E-state index contributed by atoms with van der Waals surface area (Å²) >= 11 is 3.45. The van der Waals surface area contributed by atoms with Crippen LogP contribution < -0.4 is 5.32 Å². The zero-order chi connectivity index (χ0) is 12.4. The molecule has 1 aliphatic heterocycles. The Bertz CT molecular complexity index is 439. The average molecular weight is 334 g/mol. The molecule has 100 valence electrons. The van der Waals surface area contributed by atoms with E-state index in [9.17, 15) is 4.79 Å². The molecule has 1 heterocycles. The second-order valence-electron chi connectivity index (χ2n) is 4.57. The number of hydrogen-bond donors (Lipinski definition) is 1. The summed E-state index contributed by atoms with van der Waals surface area (Å²) < 4.78 is 1.04. The van der Waals surface area contributed by atoms with Gasteiger partial charge in [0, 0.05) is 35.7 Å². The number of hydrogen-bond acceptors (Lipinski definition) is 2. The highest BCUT2D eigenvalue weighted by atomic mass is 79.9. The summed E-state index contributed by atoms with van der Waals surface area (Å²) in [4.78, 5) is 14.2. The van der Waals surface area contributed by atoms with E-state index in [4.69, 9.17) is 0 Å². The Labute approximate surface area is 122 Å². The molecule has 2 rings (SSSR count). The van der Waals surface area contributed by atoms with Crippen LogP contribution in [0.3, 0.4) is 0 Å². The number of amides is 1. The van der Waals surface area contributed by atoms with Gasteiger partial charge < -0.3 is 10.2 Å². The van der Waals surface area contributed by atoms with Crippen LogP contribution in [0, 0.1) is 6.92 Å². The van der Waals surface area contributed by atoms with E-state index in [1.54, 1.807) is 0 Å². The zero-order valence-corrected chi connectivity index (χ0v) is 13.0. The zero-order valence-electron chi connectivity index (χ0n) is 10.6. The summed E-state index contributed by atoms with van der Waals surface area (Å²) in [5.74, 6) is 0.133. The first kappa shape index (κ1) is 15.5. The smallest absolute Gasteiger partial charge is 0.253 e. The lowest BCUT2D eigenvalue weighted by Gasteiger charge is -2.32. The van der Waals surface area contributed by atoms with Crippen LogP contribution in [0.15, 0.2) is 22.7 Å². The summed E-state index contributed by atoms with van der Waals surface area (Å²) in [5, 5.41) is 3.34. The molecule has 1 N–H and O–H groups in total. The maximum absolute atomic E-state index is 12.3. The predicted octanol–water partition coefficient (Wildman–Crippen LogP) is 2.61. The number of rotatable bonds is 1. The lowest BCUT2D eigenvalue weighted by atomic mass is 10.1. The molecule has 0 saturated carbocycles. The molecule has 0 bridgehead atoms. The number of halogens is 2. The van der Waals surface area contributed by atoms with Crippen molar-refractivity contribution < 1.29 is 4.79 Å². The van der Waals surface area contributed by atoms with Gasteiger partial charge in [-0.05, 0) is 37.6 Å². The second kappa shape index (κ2) is 6.55. The van der Waals surface area contributed by atoms with Gasteiger partial charge in [0.05, 0.1) is 0 Å². The number of benzene rings is 1. The van der Waals surface area contributed by atoms with Crippen LogP contribution in [0.5, 0.6) is 0 Å². The summed E-state index contributed by atoms with van der Waals surface area (Å²) in [7, 11) is 0. The van der Waals surface area contributed by atoms with Gasteiger partial charge in [-0.2, -0.15) is 0 Å². The molecular formula is C13H18BrClN2O. The van der Waals surface area contributed by atoms with Crippen molar-refractivity contribution in [1.82, 2.24) is 10.2 Å². The van der Waals surface area contributed by atoms with Crippen molar-refractivity contribution in [2.75, 3.05) is 19.6 Å². The van der Waals surface area contributed by atoms with Gasteiger partial charge in [0.25, 0.3) is 5.91 Å². The topological polar surface area (TPSA) is 32.3 Å². The summed E-state index contributed by atoms with van der Waals surface area (Å²) in [6, 6.07) is 6.14. The molecule has 1 atom stereocenters. The van der Waals surface area contributed by atoms with E-state index in [-0.39, 0.29) is 18.3 Å². The fraction of sp³-hybridized carbons (Fsp3) is 0.462. The van der Waals surface area contributed by atoms with Crippen LogP contribution in [0.2, 0.25) is 0 Å². The van der Waals surface area contributed by atoms with Crippen molar-refractivity contribution in [1.29, 1.82) is 0 Å². The van der Waals surface area contributed by atoms with Gasteiger partial charge in [-0.3, -0.25) is 4.79 Å². The third-order valence-electron chi connectivity index (χ3n) is 3.06. The Kier molecular flexibility index (Phi) is 5.63. The Morgan fingerprint density at radius 3 is 2.83 bits per heavy atom. The monoisotopic (exact) mass is 332 g/mol. The van der Waals surface area contributed by atoms with Crippen LogP contribution in [-0.2, 0) is 0 Å². The van der Waals surface area contributed by atoms with Gasteiger partial charge in [-0.25, -0.2) is 0 Å². The molecule has 3 nitrogen and oxygen atoms in total. The largest absolute Gasteiger partial charge is 0.336 e. The molecule has 5 heteroatoms. The van der Waals surface area contributed by atoms with Crippen LogP contribution in [0.1, 0.15) is 22.8 Å². The third kappa shape index (κ3) is 3.46. The molecular weight excluding hydrogens is 316 g/mol. The van der Waals surface area contributed by atoms with E-state index in [1.165, 1.54) is 0 Å². The lowest BCUT2D eigenvalue weighted by molar-refractivity contribution is 0.0709. The first-order chi connectivity index (χ1) is 8.08. The molecule has 0 aliphatic carbocycles. The van der Waals surface area contributed by atoms with Gasteiger partial charge in [0.1, 0.15) is 0 Å². The number of nitrogens with one attached hydrogen (secondary N) is 1. The molecule has 1 saturated heterocycles. The molecule has 0 radical (unpaired) electrons. The minimum atomic E-state index is 0. The lowest BCUT2D eigenvalue weighted by Crippen LogP contribution is -2.51. The number of nitrogens with zero attached hydrogens (tertiary/aromatic N) is 1. The minimum absolute atomic E-state index is 0. The molecule has 0 spiro atoms. The van der Waals surface area contributed by atoms with Gasteiger partial charge in [-0.1, -0.05) is 15.9 Å². The average Bonchev–Trinajstić information content (AvgIpc) is 2.32.